The van der Waals surface area contributed by atoms with Crippen molar-refractivity contribution in [2.45, 2.75) is 32.8 Å². The molecule has 0 spiro atoms. The average molecular weight is 376 g/mol. The number of hydrogen-bond acceptors (Lipinski definition) is 3. The molecule has 5 nitrogen and oxygen atoms in total. The minimum absolute atomic E-state index is 0.0711. The topological polar surface area (TPSA) is 67.4 Å². The summed E-state index contributed by atoms with van der Waals surface area (Å²) < 4.78 is 0. The van der Waals surface area contributed by atoms with Gasteiger partial charge in [0, 0.05) is 23.8 Å². The van der Waals surface area contributed by atoms with Gasteiger partial charge in [0.2, 0.25) is 0 Å². The fraction of sp³-hybridized carbons (Fsp3) is 0.217. The van der Waals surface area contributed by atoms with Crippen LogP contribution in [0.2, 0.25) is 0 Å². The summed E-state index contributed by atoms with van der Waals surface area (Å²) in [6.07, 6.45) is 5.63. The molecule has 0 saturated carbocycles. The van der Waals surface area contributed by atoms with Crippen molar-refractivity contribution in [1.82, 2.24) is 5.48 Å². The van der Waals surface area contributed by atoms with Gasteiger partial charge in [-0.25, -0.2) is 5.48 Å². The molecule has 5 heteroatoms. The summed E-state index contributed by atoms with van der Waals surface area (Å²) in [5, 5.41) is 2.92. The third-order valence-electron chi connectivity index (χ3n) is 4.10. The van der Waals surface area contributed by atoms with Gasteiger partial charge < -0.3 is 5.32 Å². The Bertz CT molecular complexity index is 935. The summed E-state index contributed by atoms with van der Waals surface area (Å²) >= 11 is 0. The predicted molar refractivity (Wildman–Crippen MR) is 111 cm³/mol. The van der Waals surface area contributed by atoms with Crippen molar-refractivity contribution in [3.63, 3.8) is 0 Å². The zero-order valence-corrected chi connectivity index (χ0v) is 16.3. The van der Waals surface area contributed by atoms with Crippen LogP contribution >= 0.6 is 0 Å². The van der Waals surface area contributed by atoms with Crippen LogP contribution in [-0.4, -0.2) is 17.4 Å². The van der Waals surface area contributed by atoms with E-state index in [0.717, 1.165) is 28.0 Å². The molecule has 0 radical (unpaired) electrons. The highest BCUT2D eigenvalue weighted by Gasteiger charge is 2.19. The molecule has 0 bridgehead atoms. The van der Waals surface area contributed by atoms with Gasteiger partial charge in [-0.1, -0.05) is 42.5 Å². The molecule has 2 aromatic rings. The number of benzene rings is 2. The number of rotatable bonds is 4. The molecule has 0 aromatic heterocycles. The van der Waals surface area contributed by atoms with Gasteiger partial charge >= 0.3 is 0 Å². The highest BCUT2D eigenvalue weighted by atomic mass is 16.7. The van der Waals surface area contributed by atoms with Crippen molar-refractivity contribution >= 4 is 29.7 Å². The van der Waals surface area contributed by atoms with Gasteiger partial charge in [0.25, 0.3) is 11.8 Å². The number of carbonyl (C=O) groups is 2. The van der Waals surface area contributed by atoms with Crippen molar-refractivity contribution in [2.24, 2.45) is 0 Å². The molecular formula is C23H24N2O3. The van der Waals surface area contributed by atoms with Crippen LogP contribution in [0.5, 0.6) is 0 Å². The molecule has 0 saturated heterocycles. The van der Waals surface area contributed by atoms with Gasteiger partial charge in [0.1, 0.15) is 0 Å². The molecule has 1 aliphatic rings. The van der Waals surface area contributed by atoms with Crippen molar-refractivity contribution in [2.75, 3.05) is 5.32 Å². The molecule has 0 fully saturated rings. The molecular weight excluding hydrogens is 352 g/mol. The molecule has 3 rings (SSSR count). The molecule has 0 aliphatic carbocycles. The fourth-order valence-corrected chi connectivity index (χ4v) is 2.71. The SMILES string of the molecule is CC(C)(C)ONC(=O)/C=C/c1ccc(C=C2Cc3ccccc3NC2=O)cc1. The van der Waals surface area contributed by atoms with E-state index in [4.69, 9.17) is 4.84 Å². The smallest absolute Gasteiger partial charge is 0.267 e. The van der Waals surface area contributed by atoms with Gasteiger partial charge in [0.15, 0.2) is 0 Å². The Balaban J connectivity index is 1.65. The number of hydroxylamine groups is 1. The molecule has 0 unspecified atom stereocenters. The van der Waals surface area contributed by atoms with Crippen LogP contribution in [0.3, 0.4) is 0 Å². The van der Waals surface area contributed by atoms with Crippen LogP contribution in [0.25, 0.3) is 12.2 Å². The van der Waals surface area contributed by atoms with E-state index in [1.165, 1.54) is 6.08 Å². The van der Waals surface area contributed by atoms with Crippen LogP contribution in [0.15, 0.2) is 60.2 Å². The van der Waals surface area contributed by atoms with E-state index in [9.17, 15) is 9.59 Å². The molecule has 0 atom stereocenters. The molecule has 2 N–H and O–H groups in total. The lowest BCUT2D eigenvalue weighted by atomic mass is 9.96. The number of carbonyl (C=O) groups excluding carboxylic acids is 2. The van der Waals surface area contributed by atoms with Crippen LogP contribution in [0.1, 0.15) is 37.5 Å². The second-order valence-electron chi connectivity index (χ2n) is 7.64. The first-order valence-corrected chi connectivity index (χ1v) is 9.16. The first-order valence-electron chi connectivity index (χ1n) is 9.16. The van der Waals surface area contributed by atoms with Crippen LogP contribution in [0.4, 0.5) is 5.69 Å². The molecule has 2 aromatic carbocycles. The minimum Gasteiger partial charge on any atom is -0.322 e. The summed E-state index contributed by atoms with van der Waals surface area (Å²) in [5.74, 6) is -0.392. The molecule has 1 heterocycles. The number of nitrogens with one attached hydrogen (secondary N) is 2. The molecule has 1 aliphatic heterocycles. The van der Waals surface area contributed by atoms with E-state index < -0.39 is 5.60 Å². The van der Waals surface area contributed by atoms with Crippen molar-refractivity contribution in [1.29, 1.82) is 0 Å². The number of hydrogen-bond donors (Lipinski definition) is 2. The Labute approximate surface area is 165 Å². The van der Waals surface area contributed by atoms with Gasteiger partial charge in [-0.2, -0.15) is 0 Å². The number of anilines is 1. The van der Waals surface area contributed by atoms with Crippen molar-refractivity contribution < 1.29 is 14.4 Å². The van der Waals surface area contributed by atoms with Crippen LogP contribution in [0, 0.1) is 0 Å². The van der Waals surface area contributed by atoms with E-state index in [1.54, 1.807) is 6.08 Å². The Morgan fingerprint density at radius 1 is 1.07 bits per heavy atom. The zero-order valence-electron chi connectivity index (χ0n) is 16.3. The van der Waals surface area contributed by atoms with Crippen molar-refractivity contribution in [3.8, 4) is 0 Å². The quantitative estimate of drug-likeness (QED) is 0.623. The first-order chi connectivity index (χ1) is 13.3. The second-order valence-corrected chi connectivity index (χ2v) is 7.64. The second kappa shape index (κ2) is 8.23. The minimum atomic E-state index is -0.440. The number of amides is 2. The standard InChI is InChI=1S/C23H24N2O3/c1-23(2,3)28-25-21(26)13-12-16-8-10-17(11-9-16)14-19-15-18-6-4-5-7-20(18)24-22(19)27/h4-14H,15H2,1-3H3,(H,24,27)(H,25,26)/b13-12+,19-14?. The lowest BCUT2D eigenvalue weighted by Crippen LogP contribution is -2.32. The Kier molecular flexibility index (Phi) is 5.76. The molecule has 2 amide bonds. The third-order valence-corrected chi connectivity index (χ3v) is 4.10. The zero-order chi connectivity index (χ0) is 20.1. The predicted octanol–water partition coefficient (Wildman–Crippen LogP) is 4.12. The van der Waals surface area contributed by atoms with E-state index in [1.807, 2.05) is 75.4 Å². The van der Waals surface area contributed by atoms with Gasteiger partial charge in [-0.05, 0) is 55.7 Å². The van der Waals surface area contributed by atoms with E-state index in [-0.39, 0.29) is 11.8 Å². The maximum atomic E-state index is 12.3. The summed E-state index contributed by atoms with van der Waals surface area (Å²) in [6, 6.07) is 15.4. The Morgan fingerprint density at radius 3 is 2.46 bits per heavy atom. The van der Waals surface area contributed by atoms with Crippen LogP contribution < -0.4 is 10.8 Å². The Hall–Kier alpha value is -3.18. The summed E-state index contributed by atoms with van der Waals surface area (Å²) in [4.78, 5) is 29.3. The lowest BCUT2D eigenvalue weighted by Gasteiger charge is -2.19. The fourth-order valence-electron chi connectivity index (χ4n) is 2.71. The summed E-state index contributed by atoms with van der Waals surface area (Å²) in [5.41, 5.74) is 6.47. The highest BCUT2D eigenvalue weighted by molar-refractivity contribution is 6.09. The maximum absolute atomic E-state index is 12.3. The van der Waals surface area contributed by atoms with Crippen molar-refractivity contribution in [3.05, 3.63) is 76.9 Å². The molecule has 28 heavy (non-hydrogen) atoms. The Morgan fingerprint density at radius 2 is 1.75 bits per heavy atom. The van der Waals surface area contributed by atoms with Gasteiger partial charge in [-0.15, -0.1) is 0 Å². The first kappa shape index (κ1) is 19.6. The van der Waals surface area contributed by atoms with E-state index in [2.05, 4.69) is 10.8 Å². The normalized spacial score (nSPS) is 15.4. The van der Waals surface area contributed by atoms with E-state index in [0.29, 0.717) is 6.42 Å². The third kappa shape index (κ3) is 5.41. The average Bonchev–Trinajstić information content (AvgIpc) is 2.66. The largest absolute Gasteiger partial charge is 0.322 e. The summed E-state index contributed by atoms with van der Waals surface area (Å²) in [6.45, 7) is 5.57. The highest BCUT2D eigenvalue weighted by Crippen LogP contribution is 2.26. The lowest BCUT2D eigenvalue weighted by molar-refractivity contribution is -0.140. The van der Waals surface area contributed by atoms with Gasteiger partial charge in [-0.3, -0.25) is 14.4 Å². The monoisotopic (exact) mass is 376 g/mol. The number of fused-ring (bicyclic) bond motifs is 1. The van der Waals surface area contributed by atoms with E-state index >= 15 is 0 Å². The molecule has 144 valence electrons. The maximum Gasteiger partial charge on any atom is 0.267 e. The van der Waals surface area contributed by atoms with Crippen LogP contribution in [-0.2, 0) is 20.8 Å². The summed E-state index contributed by atoms with van der Waals surface area (Å²) in [7, 11) is 0. The number of para-hydroxylation sites is 1. The van der Waals surface area contributed by atoms with Gasteiger partial charge in [0.05, 0.1) is 5.60 Å².